The minimum Gasteiger partial charge on any atom is -0.477 e. The Labute approximate surface area is 47.8 Å². The highest BCUT2D eigenvalue weighted by molar-refractivity contribution is 5.71. The third-order valence-corrected chi connectivity index (χ3v) is 0.800. The quantitative estimate of drug-likeness (QED) is 0.477. The highest BCUT2D eigenvalue weighted by atomic mass is 16.4. The fraction of sp³-hybridized carbons (Fsp3) is 0.400. The molecule has 0 aromatic rings. The normalized spacial score (nSPS) is 12.6. The predicted octanol–water partition coefficient (Wildman–Crippen LogP) is -0.742. The largest absolute Gasteiger partial charge is 0.477 e. The number of hydrogen-bond donors (Lipinski definition) is 2. The van der Waals surface area contributed by atoms with Crippen LogP contribution in [0.3, 0.4) is 0 Å². The van der Waals surface area contributed by atoms with Gasteiger partial charge in [-0.05, 0) is 0 Å². The molecule has 0 aliphatic heterocycles. The van der Waals surface area contributed by atoms with Crippen molar-refractivity contribution in [3.05, 3.63) is 12.7 Å². The Morgan fingerprint density at radius 3 is 2.62 bits per heavy atom. The zero-order valence-electron chi connectivity index (χ0n) is 4.63. The molecular formula is C5H10NO2+. The van der Waals surface area contributed by atoms with Crippen LogP contribution in [0.15, 0.2) is 12.7 Å². The summed E-state index contributed by atoms with van der Waals surface area (Å²) in [6.45, 7) is 3.38. The monoisotopic (exact) mass is 116 g/mol. The van der Waals surface area contributed by atoms with Crippen molar-refractivity contribution in [3.63, 3.8) is 0 Å². The van der Waals surface area contributed by atoms with Gasteiger partial charge in [0.05, 0.1) is 0 Å². The topological polar surface area (TPSA) is 64.9 Å². The van der Waals surface area contributed by atoms with Crippen LogP contribution >= 0.6 is 0 Å². The number of quaternary nitrogens is 1. The lowest BCUT2D eigenvalue weighted by atomic mass is 10.2. The maximum Gasteiger partial charge on any atom is 0.362 e. The van der Waals surface area contributed by atoms with Crippen molar-refractivity contribution in [2.24, 2.45) is 0 Å². The van der Waals surface area contributed by atoms with E-state index in [2.05, 4.69) is 12.3 Å². The van der Waals surface area contributed by atoms with Crippen molar-refractivity contribution in [2.75, 3.05) is 0 Å². The Hall–Kier alpha value is -0.830. The molecule has 0 saturated carbocycles. The third-order valence-electron chi connectivity index (χ3n) is 0.800. The van der Waals surface area contributed by atoms with Crippen molar-refractivity contribution in [1.82, 2.24) is 0 Å². The summed E-state index contributed by atoms with van der Waals surface area (Å²) < 4.78 is 0. The molecule has 4 N–H and O–H groups in total. The number of carboxylic acid groups (broad SMARTS) is 1. The fourth-order valence-corrected chi connectivity index (χ4v) is 0.302. The van der Waals surface area contributed by atoms with Gasteiger partial charge in [0.2, 0.25) is 0 Å². The van der Waals surface area contributed by atoms with Crippen LogP contribution in [0, 0.1) is 0 Å². The first kappa shape index (κ1) is 7.17. The van der Waals surface area contributed by atoms with E-state index < -0.39 is 12.0 Å². The molecule has 0 saturated heterocycles. The molecule has 8 heavy (non-hydrogen) atoms. The molecule has 0 rings (SSSR count). The van der Waals surface area contributed by atoms with Crippen LogP contribution < -0.4 is 5.73 Å². The number of carbonyl (C=O) groups is 1. The number of rotatable bonds is 3. The molecule has 0 radical (unpaired) electrons. The Morgan fingerprint density at radius 1 is 2.00 bits per heavy atom. The van der Waals surface area contributed by atoms with E-state index in [-0.39, 0.29) is 0 Å². The molecule has 0 aliphatic rings. The second kappa shape index (κ2) is 3.21. The van der Waals surface area contributed by atoms with Gasteiger partial charge in [-0.15, -0.1) is 6.58 Å². The van der Waals surface area contributed by atoms with E-state index in [1.54, 1.807) is 6.08 Å². The van der Waals surface area contributed by atoms with Crippen LogP contribution in [0.2, 0.25) is 0 Å². The molecule has 0 bridgehead atoms. The van der Waals surface area contributed by atoms with E-state index >= 15 is 0 Å². The SMILES string of the molecule is C=CCC([NH3+])C(=O)O. The summed E-state index contributed by atoms with van der Waals surface area (Å²) in [7, 11) is 0. The summed E-state index contributed by atoms with van der Waals surface area (Å²) in [5.41, 5.74) is 3.36. The standard InChI is InChI=1S/C5H9NO2/c1-2-3-4(6)5(7)8/h2,4H,1,3,6H2,(H,7,8)/p+1. The van der Waals surface area contributed by atoms with Crippen molar-refractivity contribution in [3.8, 4) is 0 Å². The molecule has 0 fully saturated rings. The molecule has 3 nitrogen and oxygen atoms in total. The molecule has 1 atom stereocenters. The van der Waals surface area contributed by atoms with Crippen LogP contribution in [0.1, 0.15) is 6.42 Å². The fourth-order valence-electron chi connectivity index (χ4n) is 0.302. The minimum absolute atomic E-state index is 0.440. The average Bonchev–Trinajstić information content (AvgIpc) is 1.67. The van der Waals surface area contributed by atoms with E-state index in [1.807, 2.05) is 0 Å². The zero-order valence-corrected chi connectivity index (χ0v) is 4.63. The first-order valence-corrected chi connectivity index (χ1v) is 2.35. The maximum absolute atomic E-state index is 9.98. The van der Waals surface area contributed by atoms with Gasteiger partial charge in [-0.2, -0.15) is 0 Å². The number of carboxylic acids is 1. The molecule has 0 amide bonds. The average molecular weight is 116 g/mol. The molecule has 0 aliphatic carbocycles. The molecule has 0 aromatic heterocycles. The Bertz CT molecular complexity index is 101. The molecule has 0 aromatic carbocycles. The van der Waals surface area contributed by atoms with Gasteiger partial charge in [-0.3, -0.25) is 0 Å². The van der Waals surface area contributed by atoms with Gasteiger partial charge in [0.1, 0.15) is 0 Å². The second-order valence-corrected chi connectivity index (χ2v) is 1.56. The first-order valence-electron chi connectivity index (χ1n) is 2.35. The molecular weight excluding hydrogens is 106 g/mol. The first-order chi connectivity index (χ1) is 3.68. The predicted molar refractivity (Wildman–Crippen MR) is 29.1 cm³/mol. The van der Waals surface area contributed by atoms with Gasteiger partial charge >= 0.3 is 5.97 Å². The third kappa shape index (κ3) is 2.36. The summed E-state index contributed by atoms with van der Waals surface area (Å²) in [6.07, 6.45) is 1.99. The van der Waals surface area contributed by atoms with Crippen LogP contribution in [0.4, 0.5) is 0 Å². The molecule has 0 spiro atoms. The van der Waals surface area contributed by atoms with Gasteiger partial charge < -0.3 is 10.8 Å². The molecule has 3 heteroatoms. The van der Waals surface area contributed by atoms with E-state index in [0.29, 0.717) is 6.42 Å². The van der Waals surface area contributed by atoms with E-state index in [0.717, 1.165) is 0 Å². The number of aliphatic carboxylic acids is 1. The smallest absolute Gasteiger partial charge is 0.362 e. The van der Waals surface area contributed by atoms with Crippen LogP contribution in [-0.2, 0) is 4.79 Å². The van der Waals surface area contributed by atoms with Gasteiger partial charge in [0.15, 0.2) is 6.04 Å². The van der Waals surface area contributed by atoms with Crippen LogP contribution in [-0.4, -0.2) is 17.1 Å². The van der Waals surface area contributed by atoms with E-state index in [1.165, 1.54) is 0 Å². The van der Waals surface area contributed by atoms with Gasteiger partial charge in [0, 0.05) is 6.42 Å². The Balaban J connectivity index is 3.46. The van der Waals surface area contributed by atoms with Gasteiger partial charge in [-0.25, -0.2) is 4.79 Å². The summed E-state index contributed by atoms with van der Waals surface area (Å²) >= 11 is 0. The zero-order chi connectivity index (χ0) is 6.57. The van der Waals surface area contributed by atoms with E-state index in [9.17, 15) is 4.79 Å². The van der Waals surface area contributed by atoms with Crippen LogP contribution in [0.25, 0.3) is 0 Å². The van der Waals surface area contributed by atoms with Crippen molar-refractivity contribution < 1.29 is 15.6 Å². The lowest BCUT2D eigenvalue weighted by Crippen LogP contribution is -2.64. The Kier molecular flexibility index (Phi) is 2.88. The lowest BCUT2D eigenvalue weighted by molar-refractivity contribution is -0.406. The van der Waals surface area contributed by atoms with Crippen molar-refractivity contribution in [1.29, 1.82) is 0 Å². The van der Waals surface area contributed by atoms with Crippen molar-refractivity contribution in [2.45, 2.75) is 12.5 Å². The summed E-state index contributed by atoms with van der Waals surface area (Å²) in [6, 6.07) is -0.535. The summed E-state index contributed by atoms with van der Waals surface area (Å²) in [4.78, 5) is 9.98. The van der Waals surface area contributed by atoms with Crippen molar-refractivity contribution >= 4 is 5.97 Å². The summed E-state index contributed by atoms with van der Waals surface area (Å²) in [5.74, 6) is -0.870. The number of hydrogen-bond acceptors (Lipinski definition) is 1. The molecule has 46 valence electrons. The van der Waals surface area contributed by atoms with Gasteiger partial charge in [-0.1, -0.05) is 6.08 Å². The summed E-state index contributed by atoms with van der Waals surface area (Å²) in [5, 5.41) is 8.20. The van der Waals surface area contributed by atoms with Gasteiger partial charge in [0.25, 0.3) is 0 Å². The lowest BCUT2D eigenvalue weighted by Gasteiger charge is -1.94. The van der Waals surface area contributed by atoms with Crippen LogP contribution in [0.5, 0.6) is 0 Å². The molecule has 0 heterocycles. The Morgan fingerprint density at radius 2 is 2.50 bits per heavy atom. The maximum atomic E-state index is 9.98. The minimum atomic E-state index is -0.870. The highest BCUT2D eigenvalue weighted by Crippen LogP contribution is 1.83. The van der Waals surface area contributed by atoms with E-state index in [4.69, 9.17) is 5.11 Å². The highest BCUT2D eigenvalue weighted by Gasteiger charge is 2.11. The molecule has 1 unspecified atom stereocenters. The second-order valence-electron chi connectivity index (χ2n) is 1.56.